The van der Waals surface area contributed by atoms with E-state index in [1.54, 1.807) is 36.4 Å². The summed E-state index contributed by atoms with van der Waals surface area (Å²) in [4.78, 5) is 4.77. The second kappa shape index (κ2) is 7.67. The second-order valence-electron chi connectivity index (χ2n) is 6.07. The highest BCUT2D eigenvalue weighted by atomic mass is 35.5. The van der Waals surface area contributed by atoms with Crippen molar-refractivity contribution in [3.8, 4) is 5.75 Å². The van der Waals surface area contributed by atoms with Crippen LogP contribution in [-0.2, 0) is 23.2 Å². The van der Waals surface area contributed by atoms with E-state index in [0.717, 1.165) is 5.52 Å². The van der Waals surface area contributed by atoms with Crippen LogP contribution < -0.4 is 4.74 Å². The van der Waals surface area contributed by atoms with E-state index in [4.69, 9.17) is 27.9 Å². The minimum atomic E-state index is -3.52. The molecule has 0 aliphatic carbocycles. The summed E-state index contributed by atoms with van der Waals surface area (Å²) in [5.74, 6) is 1.18. The summed E-state index contributed by atoms with van der Waals surface area (Å²) in [5, 5.41) is 0.948. The Balaban J connectivity index is 1.96. The normalized spacial score (nSPS) is 12.1. The summed E-state index contributed by atoms with van der Waals surface area (Å²) >= 11 is 12.0. The number of ether oxygens (including phenoxy) is 1. The fraction of sp³-hybridized carbons (Fsp3) is 0.278. The smallest absolute Gasteiger partial charge is 0.242 e. The van der Waals surface area contributed by atoms with Crippen LogP contribution in [0.4, 0.5) is 0 Å². The standard InChI is InChI=1S/C18H19Cl2N3O3S/c1-4-23-16-7-6-13(27(24,25)22(2)3)10-15(16)21-18(23)11-26-17-8-5-12(19)9-14(17)20/h5-10H,4,11H2,1-3H3. The highest BCUT2D eigenvalue weighted by Crippen LogP contribution is 2.29. The summed E-state index contributed by atoms with van der Waals surface area (Å²) in [5.41, 5.74) is 1.44. The molecule has 0 N–H and O–H groups in total. The minimum absolute atomic E-state index is 0.194. The van der Waals surface area contributed by atoms with Crippen LogP contribution in [0, 0.1) is 0 Å². The van der Waals surface area contributed by atoms with Gasteiger partial charge in [-0.3, -0.25) is 0 Å². The Bertz CT molecular complexity index is 1090. The highest BCUT2D eigenvalue weighted by molar-refractivity contribution is 7.89. The van der Waals surface area contributed by atoms with E-state index in [0.29, 0.717) is 33.7 Å². The molecule has 2 aromatic carbocycles. The van der Waals surface area contributed by atoms with Crippen LogP contribution in [0.2, 0.25) is 10.0 Å². The predicted molar refractivity (Wildman–Crippen MR) is 107 cm³/mol. The molecule has 144 valence electrons. The fourth-order valence-electron chi connectivity index (χ4n) is 2.73. The number of hydrogen-bond donors (Lipinski definition) is 0. The van der Waals surface area contributed by atoms with E-state index < -0.39 is 10.0 Å². The number of nitrogens with zero attached hydrogens (tertiary/aromatic N) is 3. The molecule has 27 heavy (non-hydrogen) atoms. The van der Waals surface area contributed by atoms with E-state index in [1.807, 2.05) is 11.5 Å². The molecule has 0 unspecified atom stereocenters. The zero-order valence-electron chi connectivity index (χ0n) is 15.1. The molecule has 3 aromatic rings. The van der Waals surface area contributed by atoms with Crippen LogP contribution in [0.5, 0.6) is 5.75 Å². The average molecular weight is 428 g/mol. The number of hydrogen-bond acceptors (Lipinski definition) is 4. The van der Waals surface area contributed by atoms with Crippen LogP contribution in [0.1, 0.15) is 12.7 Å². The number of rotatable bonds is 6. The lowest BCUT2D eigenvalue weighted by Gasteiger charge is -2.11. The molecule has 9 heteroatoms. The van der Waals surface area contributed by atoms with Gasteiger partial charge >= 0.3 is 0 Å². The number of benzene rings is 2. The molecule has 0 amide bonds. The zero-order chi connectivity index (χ0) is 19.8. The maximum Gasteiger partial charge on any atom is 0.242 e. The van der Waals surface area contributed by atoms with Gasteiger partial charge in [-0.25, -0.2) is 17.7 Å². The molecule has 3 rings (SSSR count). The maximum absolute atomic E-state index is 12.4. The number of aromatic nitrogens is 2. The van der Waals surface area contributed by atoms with Crippen molar-refractivity contribution in [2.45, 2.75) is 25.0 Å². The Morgan fingerprint density at radius 1 is 1.15 bits per heavy atom. The van der Waals surface area contributed by atoms with Gasteiger partial charge in [0.15, 0.2) is 0 Å². The first kappa shape index (κ1) is 19.9. The lowest BCUT2D eigenvalue weighted by Crippen LogP contribution is -2.22. The minimum Gasteiger partial charge on any atom is -0.484 e. The van der Waals surface area contributed by atoms with Crippen LogP contribution in [0.15, 0.2) is 41.3 Å². The third kappa shape index (κ3) is 3.91. The van der Waals surface area contributed by atoms with Crippen LogP contribution in [0.25, 0.3) is 11.0 Å². The summed E-state index contributed by atoms with van der Waals surface area (Å²) < 4.78 is 33.6. The van der Waals surface area contributed by atoms with Gasteiger partial charge in [0.1, 0.15) is 18.2 Å². The summed E-state index contributed by atoms with van der Waals surface area (Å²) in [7, 11) is -0.522. The molecule has 0 fully saturated rings. The molecule has 0 aliphatic heterocycles. The van der Waals surface area contributed by atoms with Gasteiger partial charge in [-0.1, -0.05) is 23.2 Å². The van der Waals surface area contributed by atoms with Crippen molar-refractivity contribution >= 4 is 44.3 Å². The Morgan fingerprint density at radius 2 is 1.89 bits per heavy atom. The molecule has 0 saturated heterocycles. The van der Waals surface area contributed by atoms with E-state index in [9.17, 15) is 8.42 Å². The second-order valence-corrected chi connectivity index (χ2v) is 9.07. The van der Waals surface area contributed by atoms with Gasteiger partial charge in [0.05, 0.1) is 21.0 Å². The number of imidazole rings is 1. The van der Waals surface area contributed by atoms with Gasteiger partial charge in [0.2, 0.25) is 10.0 Å². The molecule has 0 radical (unpaired) electrons. The number of sulfonamides is 1. The van der Waals surface area contributed by atoms with Gasteiger partial charge in [-0.05, 0) is 43.3 Å². The molecule has 1 heterocycles. The van der Waals surface area contributed by atoms with Crippen molar-refractivity contribution in [1.82, 2.24) is 13.9 Å². The van der Waals surface area contributed by atoms with Crippen molar-refractivity contribution in [3.63, 3.8) is 0 Å². The molecule has 0 aliphatic rings. The topological polar surface area (TPSA) is 64.4 Å². The molecule has 0 atom stereocenters. The van der Waals surface area contributed by atoms with Gasteiger partial charge in [-0.2, -0.15) is 0 Å². The largest absolute Gasteiger partial charge is 0.484 e. The van der Waals surface area contributed by atoms with E-state index in [1.165, 1.54) is 18.4 Å². The lowest BCUT2D eigenvalue weighted by atomic mass is 10.3. The first-order chi connectivity index (χ1) is 12.7. The van der Waals surface area contributed by atoms with Crippen molar-refractivity contribution in [1.29, 1.82) is 0 Å². The quantitative estimate of drug-likeness (QED) is 0.591. The van der Waals surface area contributed by atoms with Gasteiger partial charge in [-0.15, -0.1) is 0 Å². The van der Waals surface area contributed by atoms with Crippen molar-refractivity contribution in [2.75, 3.05) is 14.1 Å². The Hall–Kier alpha value is -1.80. The molecule has 0 saturated carbocycles. The Kier molecular flexibility index (Phi) is 5.67. The number of halogens is 2. The third-order valence-corrected chi connectivity index (χ3v) is 6.49. The summed E-state index contributed by atoms with van der Waals surface area (Å²) in [6.45, 7) is 2.85. The van der Waals surface area contributed by atoms with Crippen molar-refractivity contribution < 1.29 is 13.2 Å². The number of aryl methyl sites for hydroxylation is 1. The van der Waals surface area contributed by atoms with E-state index in [2.05, 4.69) is 4.98 Å². The molecule has 6 nitrogen and oxygen atoms in total. The van der Waals surface area contributed by atoms with Crippen molar-refractivity contribution in [3.05, 3.63) is 52.3 Å². The monoisotopic (exact) mass is 427 g/mol. The summed E-state index contributed by atoms with van der Waals surface area (Å²) in [6, 6.07) is 9.94. The Morgan fingerprint density at radius 3 is 2.52 bits per heavy atom. The first-order valence-electron chi connectivity index (χ1n) is 8.23. The van der Waals surface area contributed by atoms with E-state index >= 15 is 0 Å². The average Bonchev–Trinajstić information content (AvgIpc) is 2.97. The van der Waals surface area contributed by atoms with Gasteiger partial charge < -0.3 is 9.30 Å². The lowest BCUT2D eigenvalue weighted by molar-refractivity contribution is 0.291. The summed E-state index contributed by atoms with van der Waals surface area (Å²) in [6.07, 6.45) is 0. The molecule has 0 bridgehead atoms. The molecular formula is C18H19Cl2N3O3S. The first-order valence-corrected chi connectivity index (χ1v) is 10.4. The predicted octanol–water partition coefficient (Wildman–Crippen LogP) is 4.19. The van der Waals surface area contributed by atoms with E-state index in [-0.39, 0.29) is 11.5 Å². The fourth-order valence-corrected chi connectivity index (χ4v) is 4.11. The highest BCUT2D eigenvalue weighted by Gasteiger charge is 2.19. The van der Waals surface area contributed by atoms with Crippen LogP contribution in [-0.4, -0.2) is 36.4 Å². The third-order valence-electron chi connectivity index (χ3n) is 4.14. The van der Waals surface area contributed by atoms with Crippen LogP contribution in [0.3, 0.4) is 0 Å². The zero-order valence-corrected chi connectivity index (χ0v) is 17.4. The van der Waals surface area contributed by atoms with Gasteiger partial charge in [0, 0.05) is 25.7 Å². The number of fused-ring (bicyclic) bond motifs is 1. The Labute approximate surface area is 168 Å². The van der Waals surface area contributed by atoms with Crippen molar-refractivity contribution in [2.24, 2.45) is 0 Å². The SMILES string of the molecule is CCn1c(COc2ccc(Cl)cc2Cl)nc2cc(S(=O)(=O)N(C)C)ccc21. The molecular weight excluding hydrogens is 409 g/mol. The molecule has 1 aromatic heterocycles. The maximum atomic E-state index is 12.4. The van der Waals surface area contributed by atoms with Gasteiger partial charge in [0.25, 0.3) is 0 Å². The van der Waals surface area contributed by atoms with Crippen LogP contribution >= 0.6 is 23.2 Å². The molecule has 0 spiro atoms.